The van der Waals surface area contributed by atoms with Crippen molar-refractivity contribution in [1.82, 2.24) is 0 Å². The Kier molecular flexibility index (Phi) is 1.98. The number of rotatable bonds is 1. The second kappa shape index (κ2) is 2.78. The summed E-state index contributed by atoms with van der Waals surface area (Å²) in [5, 5.41) is 9.24. The quantitative estimate of drug-likeness (QED) is 0.457. The second-order valence-corrected chi connectivity index (χ2v) is 2.36. The lowest BCUT2D eigenvalue weighted by atomic mass is 10.2. The summed E-state index contributed by atoms with van der Waals surface area (Å²) in [6.45, 7) is 3.34. The first-order valence-corrected chi connectivity index (χ1v) is 3.40. The van der Waals surface area contributed by atoms with Crippen LogP contribution in [-0.2, 0) is 9.53 Å². The van der Waals surface area contributed by atoms with Gasteiger partial charge >= 0.3 is 5.97 Å². The Morgan fingerprint density at radius 2 is 2.27 bits per heavy atom. The number of aliphatic hydroxyl groups is 1. The summed E-state index contributed by atoms with van der Waals surface area (Å²) < 4.78 is 4.78. The monoisotopic (exact) mass is 154 g/mol. The molecule has 0 saturated heterocycles. The molecular formula is C8H10O3. The highest BCUT2D eigenvalue weighted by Gasteiger charge is 2.28. The molecule has 0 unspecified atom stereocenters. The Balaban J connectivity index is 2.85. The van der Waals surface area contributed by atoms with Crippen LogP contribution in [0.4, 0.5) is 0 Å². The second-order valence-electron chi connectivity index (χ2n) is 2.36. The van der Waals surface area contributed by atoms with Crippen molar-refractivity contribution >= 4 is 5.97 Å². The smallest absolute Gasteiger partial charge is 0.338 e. The number of carbonyl (C=O) groups excluding carboxylic acids is 1. The SMILES string of the molecule is C/C=C/[C@@H]1OC(=O)C(C)=C1O. The molecule has 0 aromatic heterocycles. The summed E-state index contributed by atoms with van der Waals surface area (Å²) in [4.78, 5) is 10.8. The first-order valence-electron chi connectivity index (χ1n) is 3.40. The third-order valence-electron chi connectivity index (χ3n) is 1.56. The number of hydrogen-bond donors (Lipinski definition) is 1. The van der Waals surface area contributed by atoms with E-state index in [1.165, 1.54) is 0 Å². The van der Waals surface area contributed by atoms with Crippen molar-refractivity contribution in [3.63, 3.8) is 0 Å². The van der Waals surface area contributed by atoms with E-state index in [2.05, 4.69) is 0 Å². The van der Waals surface area contributed by atoms with Gasteiger partial charge in [-0.3, -0.25) is 0 Å². The molecule has 3 heteroatoms. The largest absolute Gasteiger partial charge is 0.507 e. The summed E-state index contributed by atoms with van der Waals surface area (Å²) >= 11 is 0. The molecule has 0 radical (unpaired) electrons. The summed E-state index contributed by atoms with van der Waals surface area (Å²) in [7, 11) is 0. The topological polar surface area (TPSA) is 46.5 Å². The molecule has 0 bridgehead atoms. The molecule has 1 atom stereocenters. The third kappa shape index (κ3) is 1.27. The lowest BCUT2D eigenvalue weighted by Crippen LogP contribution is -2.07. The highest BCUT2D eigenvalue weighted by molar-refractivity contribution is 5.91. The van der Waals surface area contributed by atoms with Gasteiger partial charge in [-0.05, 0) is 19.9 Å². The van der Waals surface area contributed by atoms with E-state index in [0.717, 1.165) is 0 Å². The molecule has 0 spiro atoms. The molecule has 3 nitrogen and oxygen atoms in total. The van der Waals surface area contributed by atoms with Crippen molar-refractivity contribution in [3.8, 4) is 0 Å². The fourth-order valence-corrected chi connectivity index (χ4v) is 0.883. The Bertz CT molecular complexity index is 238. The van der Waals surface area contributed by atoms with Gasteiger partial charge in [0.15, 0.2) is 6.10 Å². The number of allylic oxidation sites excluding steroid dienone is 1. The molecule has 0 aromatic carbocycles. The number of ether oxygens (including phenoxy) is 1. The van der Waals surface area contributed by atoms with Crippen LogP contribution in [0, 0.1) is 0 Å². The minimum atomic E-state index is -0.563. The maximum Gasteiger partial charge on any atom is 0.338 e. The van der Waals surface area contributed by atoms with Gasteiger partial charge in [0.05, 0.1) is 5.57 Å². The number of cyclic esters (lactones) is 1. The van der Waals surface area contributed by atoms with Crippen molar-refractivity contribution in [3.05, 3.63) is 23.5 Å². The Hall–Kier alpha value is -1.25. The van der Waals surface area contributed by atoms with Gasteiger partial charge in [-0.2, -0.15) is 0 Å². The van der Waals surface area contributed by atoms with Crippen molar-refractivity contribution in [1.29, 1.82) is 0 Å². The maximum atomic E-state index is 10.8. The predicted octanol–water partition coefficient (Wildman–Crippen LogP) is 1.32. The first kappa shape index (κ1) is 7.85. The van der Waals surface area contributed by atoms with Gasteiger partial charge < -0.3 is 9.84 Å². The average molecular weight is 154 g/mol. The van der Waals surface area contributed by atoms with E-state index in [0.29, 0.717) is 5.57 Å². The van der Waals surface area contributed by atoms with Crippen molar-refractivity contribution < 1.29 is 14.6 Å². The summed E-state index contributed by atoms with van der Waals surface area (Å²) in [5.41, 5.74) is 0.299. The standard InChI is InChI=1S/C8H10O3/c1-3-4-6-7(9)5(2)8(10)11-6/h3-4,6,9H,1-2H3/b4-3+/t6-/m0/s1. The van der Waals surface area contributed by atoms with E-state index in [1.807, 2.05) is 0 Å². The molecule has 0 saturated carbocycles. The molecule has 1 aliphatic heterocycles. The molecule has 11 heavy (non-hydrogen) atoms. The molecule has 1 aliphatic rings. The average Bonchev–Trinajstić information content (AvgIpc) is 2.19. The fourth-order valence-electron chi connectivity index (χ4n) is 0.883. The lowest BCUT2D eigenvalue weighted by Gasteiger charge is -2.02. The van der Waals surface area contributed by atoms with Crippen LogP contribution in [0.3, 0.4) is 0 Å². The van der Waals surface area contributed by atoms with Crippen LogP contribution in [0.25, 0.3) is 0 Å². The molecule has 1 heterocycles. The number of aliphatic hydroxyl groups excluding tert-OH is 1. The zero-order valence-electron chi connectivity index (χ0n) is 6.50. The molecule has 0 amide bonds. The number of esters is 1. The van der Waals surface area contributed by atoms with Crippen LogP contribution >= 0.6 is 0 Å². The minimum Gasteiger partial charge on any atom is -0.507 e. The predicted molar refractivity (Wildman–Crippen MR) is 40.0 cm³/mol. The molecule has 0 aromatic rings. The number of carbonyl (C=O) groups is 1. The minimum absolute atomic E-state index is 0.0214. The Morgan fingerprint density at radius 3 is 2.64 bits per heavy atom. The summed E-state index contributed by atoms with van der Waals surface area (Å²) in [6, 6.07) is 0. The van der Waals surface area contributed by atoms with Gasteiger partial charge in [-0.25, -0.2) is 4.79 Å². The van der Waals surface area contributed by atoms with E-state index in [9.17, 15) is 9.90 Å². The van der Waals surface area contributed by atoms with E-state index in [-0.39, 0.29) is 5.76 Å². The fraction of sp³-hybridized carbons (Fsp3) is 0.375. The van der Waals surface area contributed by atoms with Gasteiger partial charge in [0.1, 0.15) is 5.76 Å². The van der Waals surface area contributed by atoms with Crippen LogP contribution in [0.2, 0.25) is 0 Å². The summed E-state index contributed by atoms with van der Waals surface area (Å²) in [5.74, 6) is -0.418. The van der Waals surface area contributed by atoms with Gasteiger partial charge in [0, 0.05) is 0 Å². The maximum absolute atomic E-state index is 10.8. The zero-order chi connectivity index (χ0) is 8.43. The van der Waals surface area contributed by atoms with Crippen LogP contribution in [0.15, 0.2) is 23.5 Å². The molecule has 0 fully saturated rings. The van der Waals surface area contributed by atoms with E-state index < -0.39 is 12.1 Å². The molecule has 0 aliphatic carbocycles. The van der Waals surface area contributed by atoms with Gasteiger partial charge in [0.2, 0.25) is 0 Å². The third-order valence-corrected chi connectivity index (χ3v) is 1.56. The normalized spacial score (nSPS) is 24.9. The summed E-state index contributed by atoms with van der Waals surface area (Å²) in [6.07, 6.45) is 2.80. The van der Waals surface area contributed by atoms with Crippen LogP contribution in [0.5, 0.6) is 0 Å². The van der Waals surface area contributed by atoms with Gasteiger partial charge in [-0.15, -0.1) is 0 Å². The lowest BCUT2D eigenvalue weighted by molar-refractivity contribution is -0.138. The zero-order valence-corrected chi connectivity index (χ0v) is 6.50. The van der Waals surface area contributed by atoms with Crippen molar-refractivity contribution in [2.75, 3.05) is 0 Å². The van der Waals surface area contributed by atoms with E-state index >= 15 is 0 Å². The highest BCUT2D eigenvalue weighted by atomic mass is 16.6. The first-order chi connectivity index (χ1) is 5.16. The molecule has 1 rings (SSSR count). The number of hydrogen-bond acceptors (Lipinski definition) is 3. The van der Waals surface area contributed by atoms with E-state index in [4.69, 9.17) is 4.74 Å². The van der Waals surface area contributed by atoms with Crippen molar-refractivity contribution in [2.45, 2.75) is 20.0 Å². The molecular weight excluding hydrogens is 144 g/mol. The van der Waals surface area contributed by atoms with Crippen LogP contribution < -0.4 is 0 Å². The van der Waals surface area contributed by atoms with Crippen LogP contribution in [-0.4, -0.2) is 17.2 Å². The van der Waals surface area contributed by atoms with Crippen molar-refractivity contribution in [2.24, 2.45) is 0 Å². The highest BCUT2D eigenvalue weighted by Crippen LogP contribution is 2.20. The Labute approximate surface area is 65.0 Å². The Morgan fingerprint density at radius 1 is 1.64 bits per heavy atom. The van der Waals surface area contributed by atoms with Gasteiger partial charge in [-0.1, -0.05) is 6.08 Å². The van der Waals surface area contributed by atoms with E-state index in [1.54, 1.807) is 26.0 Å². The van der Waals surface area contributed by atoms with Crippen LogP contribution in [0.1, 0.15) is 13.8 Å². The molecule has 1 N–H and O–H groups in total. The molecule has 60 valence electrons. The van der Waals surface area contributed by atoms with Gasteiger partial charge in [0.25, 0.3) is 0 Å².